The molecule has 1 saturated heterocycles. The third-order valence-corrected chi connectivity index (χ3v) is 7.57. The SMILES string of the molecule is Cc1cc(Cl)c(S(=O)(=O)Cc2cncc(C(=O)N3CCC(C)CC3)c2)cc1Cl. The molecule has 1 aliphatic rings. The fourth-order valence-corrected chi connectivity index (χ4v) is 5.45. The zero-order valence-electron chi connectivity index (χ0n) is 15.8. The standard InChI is InChI=1S/C20H22Cl2N2O3S/c1-13-3-5-24(6-4-13)20(25)16-8-15(10-23-11-16)12-28(26,27)19-9-17(21)14(2)7-18(19)22/h7-11,13H,3-6,12H2,1-2H3. The van der Waals surface area contributed by atoms with Crippen LogP contribution in [0.15, 0.2) is 35.5 Å². The first kappa shape index (κ1) is 21.1. The summed E-state index contributed by atoms with van der Waals surface area (Å²) in [5.74, 6) is 0.192. The maximum atomic E-state index is 12.8. The van der Waals surface area contributed by atoms with Crippen LogP contribution in [0.25, 0.3) is 0 Å². The second-order valence-corrected chi connectivity index (χ2v) is 10.1. The van der Waals surface area contributed by atoms with E-state index in [0.29, 0.717) is 40.7 Å². The molecule has 3 rings (SSSR count). The minimum Gasteiger partial charge on any atom is -0.339 e. The van der Waals surface area contributed by atoms with E-state index in [1.807, 2.05) is 0 Å². The normalized spacial score (nSPS) is 15.6. The Morgan fingerprint density at radius 3 is 2.50 bits per heavy atom. The van der Waals surface area contributed by atoms with Crippen molar-refractivity contribution in [2.45, 2.75) is 37.3 Å². The van der Waals surface area contributed by atoms with Crippen molar-refractivity contribution in [1.82, 2.24) is 9.88 Å². The quantitative estimate of drug-likeness (QED) is 0.699. The molecule has 0 radical (unpaired) electrons. The summed E-state index contributed by atoms with van der Waals surface area (Å²) in [7, 11) is -3.74. The van der Waals surface area contributed by atoms with Crippen LogP contribution in [0.4, 0.5) is 0 Å². The van der Waals surface area contributed by atoms with Crippen LogP contribution in [0, 0.1) is 12.8 Å². The van der Waals surface area contributed by atoms with Crippen LogP contribution in [0.1, 0.15) is 41.3 Å². The molecule has 0 atom stereocenters. The van der Waals surface area contributed by atoms with Crippen LogP contribution in [0.5, 0.6) is 0 Å². The Morgan fingerprint density at radius 2 is 1.82 bits per heavy atom. The van der Waals surface area contributed by atoms with Gasteiger partial charge in [-0.3, -0.25) is 9.78 Å². The van der Waals surface area contributed by atoms with E-state index in [4.69, 9.17) is 23.2 Å². The Kier molecular flexibility index (Phi) is 6.32. The molecule has 150 valence electrons. The fraction of sp³-hybridized carbons (Fsp3) is 0.400. The maximum absolute atomic E-state index is 12.8. The van der Waals surface area contributed by atoms with Crippen LogP contribution in [-0.2, 0) is 15.6 Å². The lowest BCUT2D eigenvalue weighted by Gasteiger charge is -2.30. The minimum absolute atomic E-state index is 0.0217. The van der Waals surface area contributed by atoms with E-state index >= 15 is 0 Å². The van der Waals surface area contributed by atoms with E-state index in [1.165, 1.54) is 24.5 Å². The number of amides is 1. The summed E-state index contributed by atoms with van der Waals surface area (Å²) in [4.78, 5) is 18.6. The second-order valence-electron chi connectivity index (χ2n) is 7.35. The Labute approximate surface area is 175 Å². The molecule has 1 aromatic heterocycles. The van der Waals surface area contributed by atoms with Gasteiger partial charge in [-0.15, -0.1) is 0 Å². The van der Waals surface area contributed by atoms with Crippen molar-refractivity contribution in [2.24, 2.45) is 5.92 Å². The summed E-state index contributed by atoms with van der Waals surface area (Å²) in [6.45, 7) is 5.35. The average molecular weight is 441 g/mol. The van der Waals surface area contributed by atoms with Crippen molar-refractivity contribution < 1.29 is 13.2 Å². The van der Waals surface area contributed by atoms with Crippen LogP contribution in [0.2, 0.25) is 10.0 Å². The molecule has 8 heteroatoms. The maximum Gasteiger partial charge on any atom is 0.255 e. The van der Waals surface area contributed by atoms with Crippen molar-refractivity contribution in [3.8, 4) is 0 Å². The van der Waals surface area contributed by atoms with Crippen molar-refractivity contribution in [1.29, 1.82) is 0 Å². The predicted molar refractivity (Wildman–Crippen MR) is 111 cm³/mol. The van der Waals surface area contributed by atoms with Gasteiger partial charge in [0.25, 0.3) is 5.91 Å². The van der Waals surface area contributed by atoms with Crippen molar-refractivity contribution in [3.63, 3.8) is 0 Å². The minimum atomic E-state index is -3.74. The van der Waals surface area contributed by atoms with Crippen LogP contribution >= 0.6 is 23.2 Å². The van der Waals surface area contributed by atoms with Gasteiger partial charge in [-0.1, -0.05) is 30.1 Å². The van der Waals surface area contributed by atoms with Crippen molar-refractivity contribution in [3.05, 3.63) is 57.3 Å². The number of rotatable bonds is 4. The van der Waals surface area contributed by atoms with Crippen LogP contribution in [0.3, 0.4) is 0 Å². The Bertz CT molecular complexity index is 1000. The van der Waals surface area contributed by atoms with Crippen molar-refractivity contribution >= 4 is 38.9 Å². The lowest BCUT2D eigenvalue weighted by molar-refractivity contribution is 0.0696. The van der Waals surface area contributed by atoms with Gasteiger partial charge >= 0.3 is 0 Å². The summed E-state index contributed by atoms with van der Waals surface area (Å²) >= 11 is 12.2. The second kappa shape index (κ2) is 8.39. The van der Waals surface area contributed by atoms with E-state index in [1.54, 1.807) is 17.9 Å². The smallest absolute Gasteiger partial charge is 0.255 e. The summed E-state index contributed by atoms with van der Waals surface area (Å²) in [6, 6.07) is 4.49. The molecule has 2 aromatic rings. The number of hydrogen-bond acceptors (Lipinski definition) is 4. The lowest BCUT2D eigenvalue weighted by atomic mass is 9.99. The molecular formula is C20H22Cl2N2O3S. The molecule has 0 bridgehead atoms. The molecule has 1 aliphatic heterocycles. The van der Waals surface area contributed by atoms with Gasteiger partial charge in [0.1, 0.15) is 0 Å². The number of benzene rings is 1. The van der Waals surface area contributed by atoms with E-state index in [9.17, 15) is 13.2 Å². The molecule has 5 nitrogen and oxygen atoms in total. The van der Waals surface area contributed by atoms with Crippen molar-refractivity contribution in [2.75, 3.05) is 13.1 Å². The van der Waals surface area contributed by atoms with Gasteiger partial charge in [-0.2, -0.15) is 0 Å². The van der Waals surface area contributed by atoms with Crippen LogP contribution < -0.4 is 0 Å². The molecule has 0 aliphatic carbocycles. The zero-order valence-corrected chi connectivity index (χ0v) is 18.1. The Morgan fingerprint density at radius 1 is 1.14 bits per heavy atom. The molecule has 1 fully saturated rings. The molecule has 2 heterocycles. The highest BCUT2D eigenvalue weighted by atomic mass is 35.5. The van der Waals surface area contributed by atoms with Gasteiger partial charge in [-0.05, 0) is 55.0 Å². The zero-order chi connectivity index (χ0) is 20.5. The third kappa shape index (κ3) is 4.67. The van der Waals surface area contributed by atoms with E-state index in [-0.39, 0.29) is 21.6 Å². The van der Waals surface area contributed by atoms with E-state index in [2.05, 4.69) is 11.9 Å². The molecule has 0 N–H and O–H groups in total. The summed E-state index contributed by atoms with van der Waals surface area (Å²) < 4.78 is 25.7. The van der Waals surface area contributed by atoms with Gasteiger partial charge in [0.15, 0.2) is 9.84 Å². The number of hydrogen-bond donors (Lipinski definition) is 0. The largest absolute Gasteiger partial charge is 0.339 e. The first-order chi connectivity index (χ1) is 13.2. The summed E-state index contributed by atoms with van der Waals surface area (Å²) in [5.41, 5.74) is 1.54. The Hall–Kier alpha value is -1.63. The number of carbonyl (C=O) groups is 1. The monoisotopic (exact) mass is 440 g/mol. The number of sulfone groups is 1. The highest BCUT2D eigenvalue weighted by Gasteiger charge is 2.24. The van der Waals surface area contributed by atoms with E-state index in [0.717, 1.165) is 12.8 Å². The van der Waals surface area contributed by atoms with Crippen LogP contribution in [-0.4, -0.2) is 37.3 Å². The third-order valence-electron chi connectivity index (χ3n) is 5.02. The highest BCUT2D eigenvalue weighted by Crippen LogP contribution is 2.30. The number of aryl methyl sites for hydroxylation is 1. The molecular weight excluding hydrogens is 419 g/mol. The number of piperidine rings is 1. The number of carbonyl (C=O) groups excluding carboxylic acids is 1. The molecule has 0 saturated carbocycles. The summed E-state index contributed by atoms with van der Waals surface area (Å²) in [5, 5.41) is 0.467. The summed E-state index contributed by atoms with van der Waals surface area (Å²) in [6.07, 6.45) is 4.88. The average Bonchev–Trinajstić information content (AvgIpc) is 2.64. The predicted octanol–water partition coefficient (Wildman–Crippen LogP) is 4.54. The number of pyridine rings is 1. The van der Waals surface area contributed by atoms with Gasteiger partial charge in [0.05, 0.1) is 21.2 Å². The highest BCUT2D eigenvalue weighted by molar-refractivity contribution is 7.90. The Balaban J connectivity index is 1.83. The molecule has 1 aromatic carbocycles. The molecule has 0 spiro atoms. The van der Waals surface area contributed by atoms with Gasteiger partial charge in [-0.25, -0.2) is 8.42 Å². The number of likely N-dealkylation sites (tertiary alicyclic amines) is 1. The topological polar surface area (TPSA) is 67.3 Å². The molecule has 0 unspecified atom stereocenters. The first-order valence-corrected chi connectivity index (χ1v) is 11.5. The molecule has 1 amide bonds. The van der Waals surface area contributed by atoms with Gasteiger partial charge in [0, 0.05) is 30.5 Å². The first-order valence-electron chi connectivity index (χ1n) is 9.09. The fourth-order valence-electron chi connectivity index (χ4n) is 3.24. The number of halogens is 2. The van der Waals surface area contributed by atoms with E-state index < -0.39 is 9.84 Å². The number of nitrogens with zero attached hydrogens (tertiary/aromatic N) is 2. The van der Waals surface area contributed by atoms with Gasteiger partial charge < -0.3 is 4.90 Å². The number of aromatic nitrogens is 1. The van der Waals surface area contributed by atoms with Gasteiger partial charge in [0.2, 0.25) is 0 Å². The lowest BCUT2D eigenvalue weighted by Crippen LogP contribution is -2.38. The molecule has 28 heavy (non-hydrogen) atoms.